The number of nitrogens with one attached hydrogen (secondary N) is 2. The molecule has 2 aromatic rings. The molecule has 0 aliphatic heterocycles. The number of benzene rings is 2. The van der Waals surface area contributed by atoms with Crippen LogP contribution >= 0.6 is 46.6 Å². The molecular weight excluding hydrogens is 463 g/mol. The van der Waals surface area contributed by atoms with Crippen LogP contribution < -0.4 is 10.0 Å². The van der Waals surface area contributed by atoms with Gasteiger partial charge in [-0.15, -0.1) is 0 Å². The summed E-state index contributed by atoms with van der Waals surface area (Å²) in [6.07, 6.45) is 2.19. The van der Waals surface area contributed by atoms with Crippen molar-refractivity contribution in [3.8, 4) is 0 Å². The van der Waals surface area contributed by atoms with Crippen LogP contribution in [0.25, 0.3) is 0 Å². The minimum atomic E-state index is -4.04. The van der Waals surface area contributed by atoms with Crippen molar-refractivity contribution in [3.05, 3.63) is 63.1 Å². The van der Waals surface area contributed by atoms with Gasteiger partial charge in [0, 0.05) is 16.6 Å². The molecule has 0 heterocycles. The SMILES string of the molecule is CSCCC(NS(=O)(=O)c1cc(Cl)ccc1Cl)C(=O)NCc1ccccc1Cl. The third kappa shape index (κ3) is 6.54. The van der Waals surface area contributed by atoms with Crippen LogP contribution in [0.5, 0.6) is 0 Å². The second-order valence-corrected chi connectivity index (χ2v) is 9.76. The lowest BCUT2D eigenvalue weighted by Crippen LogP contribution is -2.46. The van der Waals surface area contributed by atoms with Gasteiger partial charge in [0.2, 0.25) is 15.9 Å². The van der Waals surface area contributed by atoms with Crippen LogP contribution in [-0.4, -0.2) is 32.4 Å². The highest BCUT2D eigenvalue weighted by atomic mass is 35.5. The molecule has 0 radical (unpaired) electrons. The number of sulfonamides is 1. The van der Waals surface area contributed by atoms with E-state index in [0.717, 1.165) is 5.56 Å². The van der Waals surface area contributed by atoms with Crippen molar-refractivity contribution < 1.29 is 13.2 Å². The highest BCUT2D eigenvalue weighted by molar-refractivity contribution is 7.98. The van der Waals surface area contributed by atoms with Gasteiger partial charge in [0.15, 0.2) is 0 Å². The van der Waals surface area contributed by atoms with Gasteiger partial charge in [-0.25, -0.2) is 8.42 Å². The molecule has 2 N–H and O–H groups in total. The second kappa shape index (κ2) is 10.7. The maximum Gasteiger partial charge on any atom is 0.242 e. The van der Waals surface area contributed by atoms with E-state index in [1.807, 2.05) is 12.3 Å². The minimum Gasteiger partial charge on any atom is -0.351 e. The zero-order chi connectivity index (χ0) is 20.7. The average molecular weight is 482 g/mol. The fourth-order valence-corrected chi connectivity index (χ4v) is 5.03. The summed E-state index contributed by atoms with van der Waals surface area (Å²) in [5, 5.41) is 3.51. The fourth-order valence-electron chi connectivity index (χ4n) is 2.36. The van der Waals surface area contributed by atoms with E-state index < -0.39 is 22.0 Å². The van der Waals surface area contributed by atoms with Crippen LogP contribution in [0.2, 0.25) is 15.1 Å². The van der Waals surface area contributed by atoms with E-state index >= 15 is 0 Å². The highest BCUT2D eigenvalue weighted by Crippen LogP contribution is 2.25. The number of rotatable bonds is 9. The number of amides is 1. The molecule has 0 saturated heterocycles. The Balaban J connectivity index is 2.16. The summed E-state index contributed by atoms with van der Waals surface area (Å²) < 4.78 is 27.9. The lowest BCUT2D eigenvalue weighted by molar-refractivity contribution is -0.122. The lowest BCUT2D eigenvalue weighted by atomic mass is 10.2. The maximum absolute atomic E-state index is 12.7. The van der Waals surface area contributed by atoms with Gasteiger partial charge in [-0.1, -0.05) is 53.0 Å². The van der Waals surface area contributed by atoms with Gasteiger partial charge >= 0.3 is 0 Å². The Labute approximate surface area is 184 Å². The first-order valence-corrected chi connectivity index (χ1v) is 12.2. The van der Waals surface area contributed by atoms with E-state index in [1.54, 1.807) is 18.2 Å². The Bertz CT molecular complexity index is 939. The Morgan fingerprint density at radius 2 is 1.82 bits per heavy atom. The number of carbonyl (C=O) groups excluding carboxylic acids is 1. The summed E-state index contributed by atoms with van der Waals surface area (Å²) in [5.41, 5.74) is 0.738. The highest BCUT2D eigenvalue weighted by Gasteiger charge is 2.27. The van der Waals surface area contributed by atoms with Crippen molar-refractivity contribution in [2.75, 3.05) is 12.0 Å². The van der Waals surface area contributed by atoms with E-state index in [1.165, 1.54) is 30.0 Å². The molecule has 28 heavy (non-hydrogen) atoms. The minimum absolute atomic E-state index is 0.0250. The molecule has 2 aromatic carbocycles. The zero-order valence-corrected chi connectivity index (χ0v) is 18.8. The predicted octanol–water partition coefficient (Wildman–Crippen LogP) is 4.36. The molecule has 10 heteroatoms. The zero-order valence-electron chi connectivity index (χ0n) is 14.9. The van der Waals surface area contributed by atoms with Crippen molar-refractivity contribution in [3.63, 3.8) is 0 Å². The standard InChI is InChI=1S/C18H19Cl3N2O3S2/c1-27-9-8-16(18(24)22-11-12-4-2-3-5-14(12)20)23-28(25,26)17-10-13(19)6-7-15(17)21/h2-7,10,16,23H,8-9,11H2,1H3,(H,22,24). The molecule has 0 aliphatic rings. The summed E-state index contributed by atoms with van der Waals surface area (Å²) >= 11 is 19.5. The molecule has 0 bridgehead atoms. The third-order valence-electron chi connectivity index (χ3n) is 3.82. The summed E-state index contributed by atoms with van der Waals surface area (Å²) in [4.78, 5) is 12.5. The number of hydrogen-bond donors (Lipinski definition) is 2. The van der Waals surface area contributed by atoms with Gasteiger partial charge < -0.3 is 5.32 Å². The number of halogens is 3. The molecule has 0 saturated carbocycles. The number of hydrogen-bond acceptors (Lipinski definition) is 4. The Morgan fingerprint density at radius 1 is 1.11 bits per heavy atom. The first-order valence-electron chi connectivity index (χ1n) is 8.22. The van der Waals surface area contributed by atoms with Crippen LogP contribution in [0.3, 0.4) is 0 Å². The monoisotopic (exact) mass is 480 g/mol. The molecule has 0 fully saturated rings. The summed E-state index contributed by atoms with van der Waals surface area (Å²) in [5.74, 6) is 0.145. The van der Waals surface area contributed by atoms with Crippen molar-refractivity contribution >= 4 is 62.5 Å². The topological polar surface area (TPSA) is 75.3 Å². The van der Waals surface area contributed by atoms with E-state index in [9.17, 15) is 13.2 Å². The van der Waals surface area contributed by atoms with Crippen LogP contribution in [0.4, 0.5) is 0 Å². The van der Waals surface area contributed by atoms with Gasteiger partial charge in [-0.3, -0.25) is 4.79 Å². The first-order chi connectivity index (χ1) is 13.2. The van der Waals surface area contributed by atoms with E-state index in [0.29, 0.717) is 17.2 Å². The Kier molecular flexibility index (Phi) is 8.92. The molecule has 2 rings (SSSR count). The van der Waals surface area contributed by atoms with Crippen LogP contribution in [-0.2, 0) is 21.4 Å². The van der Waals surface area contributed by atoms with Gasteiger partial charge in [-0.05, 0) is 48.3 Å². The van der Waals surface area contributed by atoms with Crippen molar-refractivity contribution in [2.24, 2.45) is 0 Å². The smallest absolute Gasteiger partial charge is 0.242 e. The van der Waals surface area contributed by atoms with E-state index in [4.69, 9.17) is 34.8 Å². The molecule has 0 aliphatic carbocycles. The summed E-state index contributed by atoms with van der Waals surface area (Å²) in [6, 6.07) is 10.3. The number of carbonyl (C=O) groups is 1. The lowest BCUT2D eigenvalue weighted by Gasteiger charge is -2.19. The Hall–Kier alpha value is -0.960. The number of thioether (sulfide) groups is 1. The largest absolute Gasteiger partial charge is 0.351 e. The van der Waals surface area contributed by atoms with Gasteiger partial charge in [-0.2, -0.15) is 16.5 Å². The summed E-state index contributed by atoms with van der Waals surface area (Å²) in [7, 11) is -4.04. The fraction of sp³-hybridized carbons (Fsp3) is 0.278. The third-order valence-corrected chi connectivity index (χ3v) is 7.02. The molecule has 1 unspecified atom stereocenters. The molecule has 1 amide bonds. The normalized spacial score (nSPS) is 12.6. The van der Waals surface area contributed by atoms with Gasteiger partial charge in [0.25, 0.3) is 0 Å². The molecule has 0 spiro atoms. The molecular formula is C18H19Cl3N2O3S2. The van der Waals surface area contributed by atoms with E-state index in [-0.39, 0.29) is 21.5 Å². The predicted molar refractivity (Wildman–Crippen MR) is 117 cm³/mol. The first kappa shape index (κ1) is 23.3. The van der Waals surface area contributed by atoms with Crippen molar-refractivity contribution in [1.29, 1.82) is 0 Å². The average Bonchev–Trinajstić information content (AvgIpc) is 2.66. The second-order valence-electron chi connectivity index (χ2n) is 5.84. The molecule has 152 valence electrons. The van der Waals surface area contributed by atoms with Crippen molar-refractivity contribution in [1.82, 2.24) is 10.0 Å². The Morgan fingerprint density at radius 3 is 2.50 bits per heavy atom. The van der Waals surface area contributed by atoms with Crippen molar-refractivity contribution in [2.45, 2.75) is 23.9 Å². The molecule has 5 nitrogen and oxygen atoms in total. The van der Waals surface area contributed by atoms with Crippen LogP contribution in [0, 0.1) is 0 Å². The quantitative estimate of drug-likeness (QED) is 0.558. The van der Waals surface area contributed by atoms with E-state index in [2.05, 4.69) is 10.0 Å². The van der Waals surface area contributed by atoms with Crippen LogP contribution in [0.1, 0.15) is 12.0 Å². The van der Waals surface area contributed by atoms with Gasteiger partial charge in [0.1, 0.15) is 10.9 Å². The molecule has 1 atom stereocenters. The van der Waals surface area contributed by atoms with Gasteiger partial charge in [0.05, 0.1) is 5.02 Å². The summed E-state index contributed by atoms with van der Waals surface area (Å²) in [6.45, 7) is 0.188. The molecule has 0 aromatic heterocycles. The van der Waals surface area contributed by atoms with Crippen LogP contribution in [0.15, 0.2) is 47.4 Å². The maximum atomic E-state index is 12.7.